The number of hydrogen-bond acceptors (Lipinski definition) is 6. The third kappa shape index (κ3) is 3.85. The first-order valence-corrected chi connectivity index (χ1v) is 10.4. The number of rotatable bonds is 4. The van der Waals surface area contributed by atoms with Gasteiger partial charge in [-0.3, -0.25) is 14.8 Å². The Labute approximate surface area is 173 Å². The summed E-state index contributed by atoms with van der Waals surface area (Å²) in [5, 5.41) is 9.85. The fourth-order valence-corrected chi connectivity index (χ4v) is 3.85. The van der Waals surface area contributed by atoms with Gasteiger partial charge in [0.1, 0.15) is 0 Å². The average molecular weight is 413 g/mol. The van der Waals surface area contributed by atoms with Gasteiger partial charge < -0.3 is 9.47 Å². The van der Waals surface area contributed by atoms with Crippen LogP contribution in [0.25, 0.3) is 11.3 Å². The summed E-state index contributed by atoms with van der Waals surface area (Å²) in [6.45, 7) is 10.7. The minimum Gasteiger partial charge on any atom is -0.454 e. The normalized spacial score (nSPS) is 13.2. The molecule has 3 aromatic rings. The smallest absolute Gasteiger partial charge is 0.277 e. The predicted molar refractivity (Wildman–Crippen MR) is 113 cm³/mol. The summed E-state index contributed by atoms with van der Waals surface area (Å²) >= 11 is 1.37. The van der Waals surface area contributed by atoms with E-state index in [0.29, 0.717) is 16.6 Å². The third-order valence-electron chi connectivity index (χ3n) is 4.59. The van der Waals surface area contributed by atoms with E-state index in [0.717, 1.165) is 22.7 Å². The van der Waals surface area contributed by atoms with Crippen LogP contribution in [0.1, 0.15) is 56.7 Å². The number of aromatic nitrogens is 3. The molecular formula is C21H24N4O3S. The molecule has 2 aromatic heterocycles. The van der Waals surface area contributed by atoms with E-state index in [2.05, 4.69) is 50.0 Å². The molecule has 1 aliphatic heterocycles. The highest BCUT2D eigenvalue weighted by molar-refractivity contribution is 7.14. The summed E-state index contributed by atoms with van der Waals surface area (Å²) in [6, 6.07) is 7.54. The Balaban J connectivity index is 1.54. The van der Waals surface area contributed by atoms with Gasteiger partial charge >= 0.3 is 0 Å². The molecule has 0 aliphatic carbocycles. The molecule has 0 unspecified atom stereocenters. The van der Waals surface area contributed by atoms with Crippen molar-refractivity contribution >= 4 is 22.4 Å². The van der Waals surface area contributed by atoms with Gasteiger partial charge in [-0.25, -0.2) is 4.98 Å². The molecular weight excluding hydrogens is 388 g/mol. The largest absolute Gasteiger partial charge is 0.454 e. The first-order chi connectivity index (χ1) is 13.7. The third-order valence-corrected chi connectivity index (χ3v) is 5.35. The van der Waals surface area contributed by atoms with E-state index >= 15 is 0 Å². The van der Waals surface area contributed by atoms with Crippen molar-refractivity contribution in [2.45, 2.75) is 46.1 Å². The molecule has 0 saturated heterocycles. The van der Waals surface area contributed by atoms with Crippen LogP contribution in [0.2, 0.25) is 0 Å². The topological polar surface area (TPSA) is 78.3 Å². The Morgan fingerprint density at radius 1 is 1.21 bits per heavy atom. The number of amides is 1. The van der Waals surface area contributed by atoms with E-state index in [-0.39, 0.29) is 24.2 Å². The van der Waals surface area contributed by atoms with E-state index in [4.69, 9.17) is 9.47 Å². The molecule has 0 fully saturated rings. The van der Waals surface area contributed by atoms with Crippen LogP contribution in [-0.2, 0) is 5.54 Å². The minimum absolute atomic E-state index is 0.203. The van der Waals surface area contributed by atoms with Gasteiger partial charge in [-0.1, -0.05) is 13.8 Å². The van der Waals surface area contributed by atoms with Gasteiger partial charge in [0.2, 0.25) is 6.79 Å². The number of fused-ring (bicyclic) bond motifs is 1. The van der Waals surface area contributed by atoms with Crippen LogP contribution in [-0.4, -0.2) is 27.5 Å². The molecule has 0 atom stereocenters. The van der Waals surface area contributed by atoms with Crippen LogP contribution < -0.4 is 14.8 Å². The van der Waals surface area contributed by atoms with Gasteiger partial charge in [0, 0.05) is 16.6 Å². The Kier molecular flexibility index (Phi) is 4.82. The predicted octanol–water partition coefficient (Wildman–Crippen LogP) is 4.87. The summed E-state index contributed by atoms with van der Waals surface area (Å²) in [6.07, 6.45) is 0. The quantitative estimate of drug-likeness (QED) is 0.662. The molecule has 1 N–H and O–H groups in total. The average Bonchev–Trinajstić information content (AvgIpc) is 3.39. The van der Waals surface area contributed by atoms with Crippen LogP contribution in [0.4, 0.5) is 5.13 Å². The van der Waals surface area contributed by atoms with E-state index in [1.54, 1.807) is 0 Å². The van der Waals surface area contributed by atoms with Crippen molar-refractivity contribution in [3.05, 3.63) is 41.0 Å². The molecule has 0 saturated carbocycles. The highest BCUT2D eigenvalue weighted by Crippen LogP contribution is 2.36. The second kappa shape index (κ2) is 7.18. The number of anilines is 1. The van der Waals surface area contributed by atoms with Crippen molar-refractivity contribution in [1.82, 2.24) is 14.8 Å². The maximum Gasteiger partial charge on any atom is 0.277 e. The summed E-state index contributed by atoms with van der Waals surface area (Å²) in [4.78, 5) is 17.3. The van der Waals surface area contributed by atoms with Gasteiger partial charge in [0.05, 0.1) is 11.2 Å². The van der Waals surface area contributed by atoms with E-state index in [1.165, 1.54) is 11.3 Å². The first kappa shape index (κ1) is 19.4. The fraction of sp³-hybridized carbons (Fsp3) is 0.381. The zero-order chi connectivity index (χ0) is 20.8. The molecule has 29 heavy (non-hydrogen) atoms. The van der Waals surface area contributed by atoms with Gasteiger partial charge in [-0.15, -0.1) is 11.3 Å². The number of thiazole rings is 1. The molecule has 1 aliphatic rings. The number of carbonyl (C=O) groups is 1. The zero-order valence-electron chi connectivity index (χ0n) is 17.1. The fourth-order valence-electron chi connectivity index (χ4n) is 3.14. The summed E-state index contributed by atoms with van der Waals surface area (Å²) in [5.74, 6) is 1.44. The molecule has 1 aromatic carbocycles. The van der Waals surface area contributed by atoms with Crippen LogP contribution in [0.5, 0.6) is 11.5 Å². The van der Waals surface area contributed by atoms with Crippen molar-refractivity contribution in [2.24, 2.45) is 0 Å². The molecule has 152 valence electrons. The lowest BCUT2D eigenvalue weighted by atomic mass is 10.1. The van der Waals surface area contributed by atoms with Crippen molar-refractivity contribution in [1.29, 1.82) is 0 Å². The van der Waals surface area contributed by atoms with Gasteiger partial charge in [-0.05, 0) is 51.0 Å². The maximum atomic E-state index is 12.8. The van der Waals surface area contributed by atoms with Crippen LogP contribution >= 0.6 is 11.3 Å². The van der Waals surface area contributed by atoms with Gasteiger partial charge in [0.25, 0.3) is 5.91 Å². The second-order valence-electron chi connectivity index (χ2n) is 8.25. The molecule has 3 heterocycles. The highest BCUT2D eigenvalue weighted by Gasteiger charge is 2.24. The second-order valence-corrected chi connectivity index (χ2v) is 9.11. The molecule has 1 amide bonds. The minimum atomic E-state index is -0.263. The SMILES string of the molecule is CC(C)c1cc(C(=O)Nc2nc(-c3ccc4c(c3)OCO4)cs2)nn1C(C)(C)C. The van der Waals surface area contributed by atoms with Crippen molar-refractivity contribution in [3.8, 4) is 22.8 Å². The lowest BCUT2D eigenvalue weighted by molar-refractivity contribution is 0.102. The summed E-state index contributed by atoms with van der Waals surface area (Å²) in [5.41, 5.74) is 2.90. The molecule has 8 heteroatoms. The Hall–Kier alpha value is -2.87. The first-order valence-electron chi connectivity index (χ1n) is 9.50. The number of nitrogens with zero attached hydrogens (tertiary/aromatic N) is 3. The molecule has 0 spiro atoms. The number of ether oxygens (including phenoxy) is 2. The zero-order valence-corrected chi connectivity index (χ0v) is 18.0. The molecule has 0 bridgehead atoms. The molecule has 0 radical (unpaired) electrons. The molecule has 7 nitrogen and oxygen atoms in total. The van der Waals surface area contributed by atoms with Crippen molar-refractivity contribution in [3.63, 3.8) is 0 Å². The Morgan fingerprint density at radius 2 is 1.97 bits per heavy atom. The van der Waals surface area contributed by atoms with E-state index in [1.807, 2.05) is 34.3 Å². The number of nitrogens with one attached hydrogen (secondary N) is 1. The monoisotopic (exact) mass is 412 g/mol. The van der Waals surface area contributed by atoms with Crippen molar-refractivity contribution in [2.75, 3.05) is 12.1 Å². The van der Waals surface area contributed by atoms with Gasteiger partial charge in [-0.2, -0.15) is 5.10 Å². The van der Waals surface area contributed by atoms with Crippen LogP contribution in [0.15, 0.2) is 29.6 Å². The lowest BCUT2D eigenvalue weighted by Crippen LogP contribution is -2.26. The van der Waals surface area contributed by atoms with E-state index in [9.17, 15) is 4.79 Å². The maximum absolute atomic E-state index is 12.8. The number of benzene rings is 1. The van der Waals surface area contributed by atoms with Gasteiger partial charge in [0.15, 0.2) is 22.3 Å². The standard InChI is InChI=1S/C21H24N4O3S/c1-12(2)16-9-14(24-25(16)21(3,4)5)19(26)23-20-22-15(10-29-20)13-6-7-17-18(8-13)28-11-27-17/h6-10,12H,11H2,1-5H3,(H,22,23,26). The highest BCUT2D eigenvalue weighted by atomic mass is 32.1. The number of carbonyl (C=O) groups excluding carboxylic acids is 1. The van der Waals surface area contributed by atoms with Crippen LogP contribution in [0.3, 0.4) is 0 Å². The van der Waals surface area contributed by atoms with Crippen LogP contribution in [0, 0.1) is 0 Å². The molecule has 4 rings (SSSR count). The number of hydrogen-bond donors (Lipinski definition) is 1. The Morgan fingerprint density at radius 3 is 2.66 bits per heavy atom. The lowest BCUT2D eigenvalue weighted by Gasteiger charge is -2.23. The van der Waals surface area contributed by atoms with E-state index < -0.39 is 0 Å². The Bertz CT molecular complexity index is 1060. The summed E-state index contributed by atoms with van der Waals surface area (Å²) in [7, 11) is 0. The van der Waals surface area contributed by atoms with Crippen molar-refractivity contribution < 1.29 is 14.3 Å². The summed E-state index contributed by atoms with van der Waals surface area (Å²) < 4.78 is 12.7.